The number of methoxy groups -OCH3 is 1. The van der Waals surface area contributed by atoms with Crippen molar-refractivity contribution in [2.45, 2.75) is 38.6 Å². The molecule has 1 aliphatic heterocycles. The van der Waals surface area contributed by atoms with Crippen LogP contribution in [0.25, 0.3) is 0 Å². The number of rotatable bonds is 6. The van der Waals surface area contributed by atoms with Crippen LogP contribution in [0.1, 0.15) is 43.0 Å². The first kappa shape index (κ1) is 20.2. The fourth-order valence-electron chi connectivity index (χ4n) is 3.25. The van der Waals surface area contributed by atoms with E-state index in [2.05, 4.69) is 4.74 Å². The fraction of sp³-hybridized carbons (Fsp3) is 0.556. The fourth-order valence-corrected chi connectivity index (χ4v) is 4.10. The first-order valence-electron chi connectivity index (χ1n) is 8.73. The molecule has 0 bridgehead atoms. The van der Waals surface area contributed by atoms with Crippen LogP contribution in [0, 0.1) is 0 Å². The Hall–Kier alpha value is -2.09. The molecule has 1 fully saturated rings. The normalized spacial score (nSPS) is 17.7. The van der Waals surface area contributed by atoms with E-state index in [4.69, 9.17) is 0 Å². The molecule has 0 N–H and O–H groups in total. The molecule has 1 amide bonds. The van der Waals surface area contributed by atoms with Crippen molar-refractivity contribution in [3.8, 4) is 0 Å². The van der Waals surface area contributed by atoms with E-state index >= 15 is 0 Å². The highest BCUT2D eigenvalue weighted by molar-refractivity contribution is 7.92. The zero-order chi connectivity index (χ0) is 19.3. The number of ether oxygens (including phenoxy) is 1. The van der Waals surface area contributed by atoms with Gasteiger partial charge in [-0.25, -0.2) is 13.2 Å². The SMILES string of the molecule is CCC1CCCCN1C(=O)CN(c1ccc(C(=O)OC)cc1)S(C)(=O)=O. The maximum atomic E-state index is 12.8. The minimum Gasteiger partial charge on any atom is -0.465 e. The number of nitrogens with zero attached hydrogens (tertiary/aromatic N) is 2. The lowest BCUT2D eigenvalue weighted by Gasteiger charge is -2.36. The Kier molecular flexibility index (Phi) is 6.63. The topological polar surface area (TPSA) is 84.0 Å². The number of carbonyl (C=O) groups excluding carboxylic acids is 2. The van der Waals surface area contributed by atoms with Gasteiger partial charge in [0.1, 0.15) is 6.54 Å². The third kappa shape index (κ3) is 4.75. The number of benzene rings is 1. The Morgan fingerprint density at radius 1 is 1.23 bits per heavy atom. The molecule has 0 spiro atoms. The van der Waals surface area contributed by atoms with Gasteiger partial charge in [0.15, 0.2) is 0 Å². The predicted octanol–water partition coefficient (Wildman–Crippen LogP) is 2.03. The Morgan fingerprint density at radius 2 is 1.88 bits per heavy atom. The summed E-state index contributed by atoms with van der Waals surface area (Å²) >= 11 is 0. The van der Waals surface area contributed by atoms with Crippen molar-refractivity contribution in [2.75, 3.05) is 30.8 Å². The molecule has 1 atom stereocenters. The monoisotopic (exact) mass is 382 g/mol. The third-order valence-corrected chi connectivity index (χ3v) is 5.81. The van der Waals surface area contributed by atoms with Gasteiger partial charge < -0.3 is 9.64 Å². The minimum absolute atomic E-state index is 0.166. The van der Waals surface area contributed by atoms with Crippen LogP contribution < -0.4 is 4.31 Å². The van der Waals surface area contributed by atoms with Crippen LogP contribution in [-0.4, -0.2) is 57.7 Å². The Bertz CT molecular complexity index is 745. The quantitative estimate of drug-likeness (QED) is 0.703. The highest BCUT2D eigenvalue weighted by atomic mass is 32.2. The van der Waals surface area contributed by atoms with Crippen molar-refractivity contribution in [1.29, 1.82) is 0 Å². The zero-order valence-electron chi connectivity index (χ0n) is 15.5. The first-order valence-corrected chi connectivity index (χ1v) is 10.6. The van der Waals surface area contributed by atoms with E-state index in [0.717, 1.165) is 36.2 Å². The van der Waals surface area contributed by atoms with Gasteiger partial charge in [-0.2, -0.15) is 0 Å². The second kappa shape index (κ2) is 8.53. The molecule has 1 heterocycles. The minimum atomic E-state index is -3.64. The van der Waals surface area contributed by atoms with Gasteiger partial charge in [0.2, 0.25) is 15.9 Å². The summed E-state index contributed by atoms with van der Waals surface area (Å²) < 4.78 is 30.2. The average molecular weight is 382 g/mol. The van der Waals surface area contributed by atoms with E-state index in [1.807, 2.05) is 6.92 Å². The smallest absolute Gasteiger partial charge is 0.337 e. The zero-order valence-corrected chi connectivity index (χ0v) is 16.3. The van der Waals surface area contributed by atoms with Crippen LogP contribution in [0.2, 0.25) is 0 Å². The molecule has 1 aromatic carbocycles. The number of piperidine rings is 1. The summed E-state index contributed by atoms with van der Waals surface area (Å²) in [5.74, 6) is -0.698. The van der Waals surface area contributed by atoms with Crippen molar-refractivity contribution in [3.63, 3.8) is 0 Å². The van der Waals surface area contributed by atoms with Gasteiger partial charge in [0.25, 0.3) is 0 Å². The van der Waals surface area contributed by atoms with Gasteiger partial charge in [0.05, 0.1) is 24.6 Å². The van der Waals surface area contributed by atoms with Gasteiger partial charge >= 0.3 is 5.97 Å². The Labute approximate surface area is 155 Å². The van der Waals surface area contributed by atoms with Gasteiger partial charge in [0, 0.05) is 12.6 Å². The maximum Gasteiger partial charge on any atom is 0.337 e. The summed E-state index contributed by atoms with van der Waals surface area (Å²) in [7, 11) is -2.37. The Morgan fingerprint density at radius 3 is 2.42 bits per heavy atom. The molecule has 1 unspecified atom stereocenters. The van der Waals surface area contributed by atoms with E-state index < -0.39 is 16.0 Å². The lowest BCUT2D eigenvalue weighted by molar-refractivity contribution is -0.133. The number of hydrogen-bond acceptors (Lipinski definition) is 5. The highest BCUT2D eigenvalue weighted by Crippen LogP contribution is 2.22. The van der Waals surface area contributed by atoms with Crippen molar-refractivity contribution >= 4 is 27.6 Å². The van der Waals surface area contributed by atoms with E-state index in [9.17, 15) is 18.0 Å². The van der Waals surface area contributed by atoms with Crippen molar-refractivity contribution in [1.82, 2.24) is 4.90 Å². The van der Waals surface area contributed by atoms with E-state index in [1.165, 1.54) is 31.4 Å². The molecule has 0 saturated carbocycles. The second-order valence-corrected chi connectivity index (χ2v) is 8.36. The van der Waals surface area contributed by atoms with Crippen molar-refractivity contribution in [2.24, 2.45) is 0 Å². The molecule has 2 rings (SSSR count). The lowest BCUT2D eigenvalue weighted by Crippen LogP contribution is -2.48. The summed E-state index contributed by atoms with van der Waals surface area (Å²) in [6.45, 7) is 2.46. The van der Waals surface area contributed by atoms with Gasteiger partial charge in [-0.15, -0.1) is 0 Å². The molecule has 0 radical (unpaired) electrons. The van der Waals surface area contributed by atoms with Crippen molar-refractivity contribution in [3.05, 3.63) is 29.8 Å². The number of sulfonamides is 1. The summed E-state index contributed by atoms with van der Waals surface area (Å²) in [5, 5.41) is 0. The van der Waals surface area contributed by atoms with Crippen LogP contribution in [-0.2, 0) is 19.6 Å². The van der Waals surface area contributed by atoms with Gasteiger partial charge in [-0.05, 0) is 49.9 Å². The third-order valence-electron chi connectivity index (χ3n) is 4.67. The maximum absolute atomic E-state index is 12.8. The predicted molar refractivity (Wildman–Crippen MR) is 99.6 cm³/mol. The van der Waals surface area contributed by atoms with Crippen LogP contribution in [0.3, 0.4) is 0 Å². The van der Waals surface area contributed by atoms with Crippen molar-refractivity contribution < 1.29 is 22.7 Å². The molecule has 7 nitrogen and oxygen atoms in total. The summed E-state index contributed by atoms with van der Waals surface area (Å²) in [6, 6.07) is 6.15. The van der Waals surface area contributed by atoms with E-state index in [-0.39, 0.29) is 18.5 Å². The summed E-state index contributed by atoms with van der Waals surface area (Å²) in [6.07, 6.45) is 4.91. The molecule has 1 aromatic rings. The number of carbonyl (C=O) groups is 2. The molecule has 0 aliphatic carbocycles. The molecular formula is C18H26N2O5S. The highest BCUT2D eigenvalue weighted by Gasteiger charge is 2.29. The van der Waals surface area contributed by atoms with E-state index in [1.54, 1.807) is 4.90 Å². The number of esters is 1. The second-order valence-electron chi connectivity index (χ2n) is 6.45. The number of anilines is 1. The standard InChI is InChI=1S/C18H26N2O5S/c1-4-15-7-5-6-12-19(15)17(21)13-20(26(3,23)24)16-10-8-14(9-11-16)18(22)25-2/h8-11,15H,4-7,12-13H2,1-3H3. The molecule has 1 saturated heterocycles. The number of hydrogen-bond donors (Lipinski definition) is 0. The van der Waals surface area contributed by atoms with Crippen LogP contribution in [0.5, 0.6) is 0 Å². The Balaban J connectivity index is 2.23. The molecule has 0 aromatic heterocycles. The largest absolute Gasteiger partial charge is 0.465 e. The van der Waals surface area contributed by atoms with Crippen LogP contribution in [0.15, 0.2) is 24.3 Å². The number of amides is 1. The van der Waals surface area contributed by atoms with Crippen LogP contribution >= 0.6 is 0 Å². The first-order chi connectivity index (χ1) is 12.3. The van der Waals surface area contributed by atoms with E-state index in [0.29, 0.717) is 17.8 Å². The van der Waals surface area contributed by atoms with Gasteiger partial charge in [-0.1, -0.05) is 6.92 Å². The molecule has 1 aliphatic rings. The molecule has 144 valence electrons. The van der Waals surface area contributed by atoms with Gasteiger partial charge in [-0.3, -0.25) is 9.10 Å². The lowest BCUT2D eigenvalue weighted by atomic mass is 10.00. The number of likely N-dealkylation sites (tertiary alicyclic amines) is 1. The molecule has 26 heavy (non-hydrogen) atoms. The summed E-state index contributed by atoms with van der Waals surface area (Å²) in [4.78, 5) is 26.1. The molecule has 8 heteroatoms. The molecular weight excluding hydrogens is 356 g/mol. The average Bonchev–Trinajstić information content (AvgIpc) is 2.64. The van der Waals surface area contributed by atoms with Crippen LogP contribution in [0.4, 0.5) is 5.69 Å². The summed E-state index contributed by atoms with van der Waals surface area (Å²) in [5.41, 5.74) is 0.664.